The number of hydrogen-bond acceptors (Lipinski definition) is 6. The molecule has 162 valence electrons. The summed E-state index contributed by atoms with van der Waals surface area (Å²) in [5.74, 6) is 2.29. The minimum atomic E-state index is 0.433. The molecule has 1 saturated heterocycles. The van der Waals surface area contributed by atoms with Crippen molar-refractivity contribution < 1.29 is 4.74 Å². The molecule has 0 bridgehead atoms. The van der Waals surface area contributed by atoms with E-state index in [1.807, 2.05) is 6.07 Å². The zero-order valence-corrected chi connectivity index (χ0v) is 18.4. The van der Waals surface area contributed by atoms with E-state index in [0.717, 1.165) is 44.4 Å². The van der Waals surface area contributed by atoms with Gasteiger partial charge in [-0.2, -0.15) is 0 Å². The third kappa shape index (κ3) is 6.03. The predicted octanol–water partition coefficient (Wildman–Crippen LogP) is 3.66. The highest BCUT2D eigenvalue weighted by Crippen LogP contribution is 2.20. The molecule has 0 aliphatic carbocycles. The normalized spacial score (nSPS) is 16.8. The number of ether oxygens (including phenoxy) is 1. The summed E-state index contributed by atoms with van der Waals surface area (Å²) in [4.78, 5) is 15.7. The van der Waals surface area contributed by atoms with Crippen LogP contribution < -0.4 is 9.80 Å². The van der Waals surface area contributed by atoms with Gasteiger partial charge < -0.3 is 14.5 Å². The number of benzene rings is 2. The Hall–Kier alpha value is -2.96. The highest BCUT2D eigenvalue weighted by molar-refractivity contribution is 5.49. The molecule has 1 aliphatic rings. The van der Waals surface area contributed by atoms with E-state index in [1.54, 1.807) is 6.33 Å². The summed E-state index contributed by atoms with van der Waals surface area (Å²) in [5.41, 5.74) is 2.58. The lowest BCUT2D eigenvalue weighted by atomic mass is 10.1. The lowest BCUT2D eigenvalue weighted by molar-refractivity contribution is -0.0477. The van der Waals surface area contributed by atoms with Gasteiger partial charge in [-0.3, -0.25) is 4.90 Å². The third-order valence-corrected chi connectivity index (χ3v) is 5.61. The van der Waals surface area contributed by atoms with Crippen molar-refractivity contribution in [2.24, 2.45) is 5.92 Å². The Kier molecular flexibility index (Phi) is 7.12. The van der Waals surface area contributed by atoms with Gasteiger partial charge in [-0.25, -0.2) is 9.97 Å². The van der Waals surface area contributed by atoms with Gasteiger partial charge in [0, 0.05) is 52.3 Å². The van der Waals surface area contributed by atoms with E-state index in [9.17, 15) is 0 Å². The van der Waals surface area contributed by atoms with Crippen molar-refractivity contribution in [1.29, 1.82) is 0 Å². The maximum absolute atomic E-state index is 5.89. The summed E-state index contributed by atoms with van der Waals surface area (Å²) in [6.07, 6.45) is 1.65. The van der Waals surface area contributed by atoms with Crippen molar-refractivity contribution in [2.45, 2.75) is 13.1 Å². The number of aromatic nitrogens is 2. The van der Waals surface area contributed by atoms with Gasteiger partial charge in [0.05, 0.1) is 13.3 Å². The van der Waals surface area contributed by atoms with Gasteiger partial charge in [-0.05, 0) is 11.1 Å². The van der Waals surface area contributed by atoms with Gasteiger partial charge in [0.2, 0.25) is 0 Å². The fourth-order valence-corrected chi connectivity index (χ4v) is 4.06. The van der Waals surface area contributed by atoms with Crippen LogP contribution in [0.5, 0.6) is 0 Å². The number of rotatable bonds is 8. The highest BCUT2D eigenvalue weighted by atomic mass is 16.5. The first-order valence-electron chi connectivity index (χ1n) is 10.8. The van der Waals surface area contributed by atoms with Gasteiger partial charge in [-0.1, -0.05) is 60.7 Å². The van der Waals surface area contributed by atoms with Crippen molar-refractivity contribution >= 4 is 11.6 Å². The van der Waals surface area contributed by atoms with Gasteiger partial charge >= 0.3 is 0 Å². The van der Waals surface area contributed by atoms with Crippen LogP contribution in [0.15, 0.2) is 73.1 Å². The Bertz CT molecular complexity index is 937. The average molecular weight is 418 g/mol. The van der Waals surface area contributed by atoms with Crippen LogP contribution in [-0.2, 0) is 17.8 Å². The van der Waals surface area contributed by atoms with E-state index >= 15 is 0 Å². The molecule has 0 saturated carbocycles. The topological polar surface area (TPSA) is 44.7 Å². The number of hydrogen-bond donors (Lipinski definition) is 0. The summed E-state index contributed by atoms with van der Waals surface area (Å²) in [7, 11) is 4.16. The van der Waals surface area contributed by atoms with Gasteiger partial charge in [0.25, 0.3) is 0 Å². The Morgan fingerprint density at radius 2 is 1.55 bits per heavy atom. The first kappa shape index (κ1) is 21.3. The van der Waals surface area contributed by atoms with Crippen molar-refractivity contribution in [1.82, 2.24) is 14.9 Å². The summed E-state index contributed by atoms with van der Waals surface area (Å²) < 4.78 is 5.89. The molecule has 0 N–H and O–H groups in total. The smallest absolute Gasteiger partial charge is 0.134 e. The van der Waals surface area contributed by atoms with Gasteiger partial charge in [0.1, 0.15) is 18.0 Å². The molecule has 1 aliphatic heterocycles. The Morgan fingerprint density at radius 3 is 2.26 bits per heavy atom. The largest absolute Gasteiger partial charge is 0.366 e. The second-order valence-electron chi connectivity index (χ2n) is 8.32. The van der Waals surface area contributed by atoms with Crippen molar-refractivity contribution in [3.8, 4) is 0 Å². The minimum Gasteiger partial charge on any atom is -0.366 e. The molecule has 2 heterocycles. The molecule has 1 atom stereocenters. The average Bonchev–Trinajstić information content (AvgIpc) is 2.81. The van der Waals surface area contributed by atoms with Gasteiger partial charge in [-0.15, -0.1) is 0 Å². The quantitative estimate of drug-likeness (QED) is 0.557. The molecular weight excluding hydrogens is 386 g/mol. The molecule has 1 fully saturated rings. The van der Waals surface area contributed by atoms with Crippen LogP contribution in [0, 0.1) is 5.92 Å². The Morgan fingerprint density at radius 1 is 0.903 bits per heavy atom. The molecule has 31 heavy (non-hydrogen) atoms. The molecule has 0 amide bonds. The second kappa shape index (κ2) is 10.4. The molecule has 6 nitrogen and oxygen atoms in total. The Labute approximate surface area is 185 Å². The van der Waals surface area contributed by atoms with E-state index in [0.29, 0.717) is 12.6 Å². The van der Waals surface area contributed by atoms with Crippen LogP contribution in [0.2, 0.25) is 0 Å². The highest BCUT2D eigenvalue weighted by Gasteiger charge is 2.22. The van der Waals surface area contributed by atoms with Crippen LogP contribution in [0.25, 0.3) is 0 Å². The fraction of sp³-hybridized carbons (Fsp3) is 0.360. The van der Waals surface area contributed by atoms with Crippen LogP contribution in [0.4, 0.5) is 11.6 Å². The lowest BCUT2D eigenvalue weighted by Gasteiger charge is -2.35. The van der Waals surface area contributed by atoms with E-state index in [2.05, 4.69) is 99.4 Å². The predicted molar refractivity (Wildman–Crippen MR) is 125 cm³/mol. The summed E-state index contributed by atoms with van der Waals surface area (Å²) in [6, 6.07) is 23.1. The van der Waals surface area contributed by atoms with Gasteiger partial charge in [0.15, 0.2) is 0 Å². The first-order chi connectivity index (χ1) is 15.2. The Balaban J connectivity index is 1.34. The summed E-state index contributed by atoms with van der Waals surface area (Å²) >= 11 is 0. The lowest BCUT2D eigenvalue weighted by Crippen LogP contribution is -2.43. The summed E-state index contributed by atoms with van der Waals surface area (Å²) in [5, 5.41) is 0. The van der Waals surface area contributed by atoms with Crippen LogP contribution in [0.1, 0.15) is 11.1 Å². The number of anilines is 2. The molecule has 2 aromatic carbocycles. The zero-order chi connectivity index (χ0) is 21.5. The number of nitrogens with zero attached hydrogens (tertiary/aromatic N) is 5. The third-order valence-electron chi connectivity index (χ3n) is 5.61. The van der Waals surface area contributed by atoms with Crippen LogP contribution >= 0.6 is 0 Å². The second-order valence-corrected chi connectivity index (χ2v) is 8.32. The molecule has 0 radical (unpaired) electrons. The molecule has 3 aromatic rings. The molecule has 0 spiro atoms. The minimum absolute atomic E-state index is 0.433. The van der Waals surface area contributed by atoms with Crippen LogP contribution in [0.3, 0.4) is 0 Å². The summed E-state index contributed by atoms with van der Waals surface area (Å²) in [6.45, 7) is 5.11. The van der Waals surface area contributed by atoms with E-state index in [4.69, 9.17) is 4.74 Å². The molecule has 1 aromatic heterocycles. The first-order valence-corrected chi connectivity index (χ1v) is 10.8. The van der Waals surface area contributed by atoms with Crippen molar-refractivity contribution in [3.05, 3.63) is 84.2 Å². The molecule has 6 heteroatoms. The van der Waals surface area contributed by atoms with Crippen LogP contribution in [-0.4, -0.2) is 55.4 Å². The fourth-order valence-electron chi connectivity index (χ4n) is 4.06. The van der Waals surface area contributed by atoms with E-state index < -0.39 is 0 Å². The SMILES string of the molecule is CN(Cc1ccccc1)c1cc(N(C)C[C@H]2COCN(Cc3ccccc3)C2)ncn1. The molecule has 4 rings (SSSR count). The van der Waals surface area contributed by atoms with E-state index in [1.165, 1.54) is 11.1 Å². The van der Waals surface area contributed by atoms with Crippen molar-refractivity contribution in [2.75, 3.05) is 50.3 Å². The standard InChI is InChI=1S/C25H31N5O/c1-28(14-21-9-5-3-6-10-21)24-13-25(27-19-26-24)29(2)15-23-17-30(20-31-18-23)16-22-11-7-4-8-12-22/h3-13,19,23H,14-18,20H2,1-2H3/t23-/m1/s1. The molecule has 0 unspecified atom stereocenters. The van der Waals surface area contributed by atoms with Crippen molar-refractivity contribution in [3.63, 3.8) is 0 Å². The van der Waals surface area contributed by atoms with E-state index in [-0.39, 0.29) is 0 Å². The maximum atomic E-state index is 5.89. The zero-order valence-electron chi connectivity index (χ0n) is 18.4. The monoisotopic (exact) mass is 417 g/mol. The maximum Gasteiger partial charge on any atom is 0.134 e. The molecular formula is C25H31N5O.